The van der Waals surface area contributed by atoms with Crippen LogP contribution in [0.2, 0.25) is 0 Å². The zero-order valence-electron chi connectivity index (χ0n) is 7.98. The van der Waals surface area contributed by atoms with Gasteiger partial charge in [-0.3, -0.25) is 0 Å². The standard InChI is InChI=1S/C7H9BrN2.C2H6/c1-4-5(2)7(9)10-3-6(4)8;1-2/h3H,1-2H3,(H2,9,10);1-2H3. The summed E-state index contributed by atoms with van der Waals surface area (Å²) in [5.74, 6) is 0.612. The molecule has 1 aromatic rings. The van der Waals surface area contributed by atoms with Crippen molar-refractivity contribution in [2.45, 2.75) is 27.7 Å². The van der Waals surface area contributed by atoms with E-state index in [9.17, 15) is 0 Å². The number of rotatable bonds is 0. The van der Waals surface area contributed by atoms with Gasteiger partial charge in [-0.2, -0.15) is 0 Å². The van der Waals surface area contributed by atoms with Gasteiger partial charge in [0.1, 0.15) is 5.82 Å². The van der Waals surface area contributed by atoms with Crippen molar-refractivity contribution < 1.29 is 0 Å². The number of hydrogen-bond acceptors (Lipinski definition) is 2. The summed E-state index contributed by atoms with van der Waals surface area (Å²) in [7, 11) is 0. The van der Waals surface area contributed by atoms with Crippen molar-refractivity contribution >= 4 is 21.7 Å². The summed E-state index contributed by atoms with van der Waals surface area (Å²) in [4.78, 5) is 3.97. The molecule has 0 aromatic carbocycles. The Morgan fingerprint density at radius 1 is 1.25 bits per heavy atom. The lowest BCUT2D eigenvalue weighted by Crippen LogP contribution is -1.96. The summed E-state index contributed by atoms with van der Waals surface area (Å²) in [5.41, 5.74) is 7.77. The lowest BCUT2D eigenvalue weighted by atomic mass is 10.2. The van der Waals surface area contributed by atoms with Crippen molar-refractivity contribution in [3.63, 3.8) is 0 Å². The summed E-state index contributed by atoms with van der Waals surface area (Å²) < 4.78 is 1.01. The first-order valence-corrected chi connectivity index (χ1v) is 4.79. The van der Waals surface area contributed by atoms with Crippen LogP contribution in [-0.2, 0) is 0 Å². The van der Waals surface area contributed by atoms with Crippen LogP contribution in [0.1, 0.15) is 25.0 Å². The van der Waals surface area contributed by atoms with Gasteiger partial charge in [-0.15, -0.1) is 0 Å². The Hall–Kier alpha value is -0.570. The minimum atomic E-state index is 0.612. The molecule has 0 aliphatic rings. The van der Waals surface area contributed by atoms with E-state index in [1.165, 1.54) is 0 Å². The smallest absolute Gasteiger partial charge is 0.126 e. The van der Waals surface area contributed by atoms with E-state index in [-0.39, 0.29) is 0 Å². The van der Waals surface area contributed by atoms with Crippen LogP contribution in [0.3, 0.4) is 0 Å². The molecule has 2 nitrogen and oxygen atoms in total. The first-order chi connectivity index (χ1) is 5.63. The molecule has 1 rings (SSSR count). The van der Waals surface area contributed by atoms with Gasteiger partial charge in [-0.25, -0.2) is 4.98 Å². The van der Waals surface area contributed by atoms with Crippen molar-refractivity contribution in [2.24, 2.45) is 0 Å². The second-order valence-corrected chi connectivity index (χ2v) is 3.10. The molecule has 0 spiro atoms. The van der Waals surface area contributed by atoms with Crippen molar-refractivity contribution in [1.82, 2.24) is 4.98 Å². The molecular formula is C9H15BrN2. The molecule has 1 heterocycles. The molecule has 68 valence electrons. The minimum absolute atomic E-state index is 0.612. The fourth-order valence-electron chi connectivity index (χ4n) is 0.691. The van der Waals surface area contributed by atoms with E-state index in [1.54, 1.807) is 6.20 Å². The molecule has 0 fully saturated rings. The summed E-state index contributed by atoms with van der Waals surface area (Å²) in [6.07, 6.45) is 1.72. The molecule has 0 atom stereocenters. The molecular weight excluding hydrogens is 216 g/mol. The molecule has 0 amide bonds. The SMILES string of the molecule is CC.Cc1c(Br)cnc(N)c1C. The van der Waals surface area contributed by atoms with Crippen LogP contribution in [0.15, 0.2) is 10.7 Å². The van der Waals surface area contributed by atoms with Gasteiger partial charge in [0.15, 0.2) is 0 Å². The highest BCUT2D eigenvalue weighted by Crippen LogP contribution is 2.20. The molecule has 0 bridgehead atoms. The van der Waals surface area contributed by atoms with Crippen LogP contribution in [0, 0.1) is 13.8 Å². The highest BCUT2D eigenvalue weighted by atomic mass is 79.9. The number of nitrogens with two attached hydrogens (primary N) is 1. The van der Waals surface area contributed by atoms with Crippen LogP contribution in [0.5, 0.6) is 0 Å². The number of halogens is 1. The highest BCUT2D eigenvalue weighted by molar-refractivity contribution is 9.10. The maximum Gasteiger partial charge on any atom is 0.126 e. The molecule has 0 unspecified atom stereocenters. The Bertz CT molecular complexity index is 232. The average molecular weight is 231 g/mol. The van der Waals surface area contributed by atoms with E-state index in [1.807, 2.05) is 27.7 Å². The zero-order chi connectivity index (χ0) is 9.72. The predicted molar refractivity (Wildman–Crippen MR) is 57.2 cm³/mol. The van der Waals surface area contributed by atoms with Gasteiger partial charge in [0.05, 0.1) is 0 Å². The zero-order valence-corrected chi connectivity index (χ0v) is 9.57. The Balaban J connectivity index is 0.000000561. The van der Waals surface area contributed by atoms with Crippen molar-refractivity contribution in [2.75, 3.05) is 5.73 Å². The van der Waals surface area contributed by atoms with Gasteiger partial charge in [-0.05, 0) is 40.9 Å². The van der Waals surface area contributed by atoms with E-state index in [0.29, 0.717) is 5.82 Å². The van der Waals surface area contributed by atoms with Crippen molar-refractivity contribution in [3.05, 3.63) is 21.8 Å². The first-order valence-electron chi connectivity index (χ1n) is 4.00. The number of nitrogens with zero attached hydrogens (tertiary/aromatic N) is 1. The molecule has 0 aliphatic carbocycles. The van der Waals surface area contributed by atoms with Gasteiger partial charge in [0.25, 0.3) is 0 Å². The van der Waals surface area contributed by atoms with Crippen LogP contribution in [0.4, 0.5) is 5.82 Å². The fourth-order valence-corrected chi connectivity index (χ4v) is 1.09. The van der Waals surface area contributed by atoms with Gasteiger partial charge in [0.2, 0.25) is 0 Å². The third-order valence-corrected chi connectivity index (χ3v) is 2.42. The molecule has 2 N–H and O–H groups in total. The van der Waals surface area contributed by atoms with Crippen molar-refractivity contribution in [3.8, 4) is 0 Å². The quantitative estimate of drug-likeness (QED) is 0.745. The van der Waals surface area contributed by atoms with Gasteiger partial charge >= 0.3 is 0 Å². The normalized spacial score (nSPS) is 8.75. The average Bonchev–Trinajstić information content (AvgIpc) is 2.12. The Morgan fingerprint density at radius 2 is 1.75 bits per heavy atom. The second kappa shape index (κ2) is 5.14. The summed E-state index contributed by atoms with van der Waals surface area (Å²) in [5, 5.41) is 0. The monoisotopic (exact) mass is 230 g/mol. The Kier molecular flexibility index (Phi) is 4.90. The van der Waals surface area contributed by atoms with E-state index in [2.05, 4.69) is 20.9 Å². The number of anilines is 1. The molecule has 1 aromatic heterocycles. The predicted octanol–water partition coefficient (Wildman–Crippen LogP) is 3.07. The molecule has 0 saturated carbocycles. The van der Waals surface area contributed by atoms with Crippen LogP contribution in [0.25, 0.3) is 0 Å². The first kappa shape index (κ1) is 11.4. The minimum Gasteiger partial charge on any atom is -0.383 e. The second-order valence-electron chi connectivity index (χ2n) is 2.24. The maximum atomic E-state index is 5.56. The van der Waals surface area contributed by atoms with Gasteiger partial charge < -0.3 is 5.73 Å². The molecule has 0 radical (unpaired) electrons. The topological polar surface area (TPSA) is 38.9 Å². The number of nitrogen functional groups attached to an aromatic ring is 1. The van der Waals surface area contributed by atoms with Crippen LogP contribution in [-0.4, -0.2) is 4.98 Å². The Morgan fingerprint density at radius 3 is 2.17 bits per heavy atom. The molecule has 0 aliphatic heterocycles. The summed E-state index contributed by atoms with van der Waals surface area (Å²) >= 11 is 3.36. The number of pyridine rings is 1. The molecule has 0 saturated heterocycles. The third kappa shape index (κ3) is 2.48. The lowest BCUT2D eigenvalue weighted by molar-refractivity contribution is 1.21. The van der Waals surface area contributed by atoms with Crippen LogP contribution >= 0.6 is 15.9 Å². The fraction of sp³-hybridized carbons (Fsp3) is 0.444. The Labute approximate surface area is 82.3 Å². The summed E-state index contributed by atoms with van der Waals surface area (Å²) in [6.45, 7) is 7.97. The van der Waals surface area contributed by atoms with E-state index < -0.39 is 0 Å². The van der Waals surface area contributed by atoms with Gasteiger partial charge in [-0.1, -0.05) is 13.8 Å². The van der Waals surface area contributed by atoms with Gasteiger partial charge in [0, 0.05) is 10.7 Å². The van der Waals surface area contributed by atoms with Crippen molar-refractivity contribution in [1.29, 1.82) is 0 Å². The maximum absolute atomic E-state index is 5.56. The van der Waals surface area contributed by atoms with Crippen LogP contribution < -0.4 is 5.73 Å². The number of hydrogen-bond donors (Lipinski definition) is 1. The molecule has 12 heavy (non-hydrogen) atoms. The molecule has 3 heteroatoms. The summed E-state index contributed by atoms with van der Waals surface area (Å²) in [6, 6.07) is 0. The van der Waals surface area contributed by atoms with E-state index in [4.69, 9.17) is 5.73 Å². The van der Waals surface area contributed by atoms with E-state index in [0.717, 1.165) is 15.6 Å². The third-order valence-electron chi connectivity index (χ3n) is 1.62. The van der Waals surface area contributed by atoms with E-state index >= 15 is 0 Å². The lowest BCUT2D eigenvalue weighted by Gasteiger charge is -2.03. The number of aromatic nitrogens is 1. The highest BCUT2D eigenvalue weighted by Gasteiger charge is 2.01. The largest absolute Gasteiger partial charge is 0.383 e.